The number of aryl methyl sites for hydroxylation is 1. The summed E-state index contributed by atoms with van der Waals surface area (Å²) in [5, 5.41) is 17.3. The highest BCUT2D eigenvalue weighted by Gasteiger charge is 2.09. The standard InChI is InChI=1S/C12H19N3O4/c16-11(17)2-7-14(8-3-12(18)19)5-1-6-15-9-4-13-10-15/h4,9-10H,1-3,5-8H2,(H,16,17)(H,18,19). The van der Waals surface area contributed by atoms with E-state index in [-0.39, 0.29) is 12.8 Å². The zero-order chi connectivity index (χ0) is 14.1. The van der Waals surface area contributed by atoms with Crippen molar-refractivity contribution in [3.05, 3.63) is 18.7 Å². The molecule has 0 amide bonds. The van der Waals surface area contributed by atoms with Crippen LogP contribution in [0.3, 0.4) is 0 Å². The van der Waals surface area contributed by atoms with Crippen LogP contribution in [-0.2, 0) is 16.1 Å². The molecule has 7 nitrogen and oxygen atoms in total. The number of hydrogen-bond donors (Lipinski definition) is 2. The molecule has 0 aliphatic carbocycles. The fourth-order valence-electron chi connectivity index (χ4n) is 1.74. The lowest BCUT2D eigenvalue weighted by Crippen LogP contribution is -2.30. The second-order valence-electron chi connectivity index (χ2n) is 4.28. The van der Waals surface area contributed by atoms with Gasteiger partial charge in [0.2, 0.25) is 0 Å². The van der Waals surface area contributed by atoms with Crippen LogP contribution in [0.2, 0.25) is 0 Å². The van der Waals surface area contributed by atoms with E-state index in [4.69, 9.17) is 10.2 Å². The number of carboxylic acids is 2. The molecule has 0 aromatic carbocycles. The number of imidazole rings is 1. The molecule has 0 radical (unpaired) electrons. The Balaban J connectivity index is 2.30. The van der Waals surface area contributed by atoms with Crippen LogP contribution in [0.25, 0.3) is 0 Å². The molecule has 1 aromatic rings. The number of aromatic nitrogens is 2. The molecule has 0 bridgehead atoms. The van der Waals surface area contributed by atoms with Crippen molar-refractivity contribution in [2.45, 2.75) is 25.8 Å². The van der Waals surface area contributed by atoms with E-state index in [1.54, 1.807) is 12.5 Å². The molecule has 0 aliphatic heterocycles. The Morgan fingerprint density at radius 3 is 2.21 bits per heavy atom. The average molecular weight is 269 g/mol. The van der Waals surface area contributed by atoms with E-state index in [0.717, 1.165) is 13.0 Å². The van der Waals surface area contributed by atoms with Gasteiger partial charge in [-0.1, -0.05) is 0 Å². The lowest BCUT2D eigenvalue weighted by Gasteiger charge is -2.20. The van der Waals surface area contributed by atoms with Crippen molar-refractivity contribution in [1.82, 2.24) is 14.5 Å². The molecule has 106 valence electrons. The maximum Gasteiger partial charge on any atom is 0.304 e. The Morgan fingerprint density at radius 1 is 1.11 bits per heavy atom. The third-order valence-corrected chi connectivity index (χ3v) is 2.73. The first-order valence-electron chi connectivity index (χ1n) is 6.19. The summed E-state index contributed by atoms with van der Waals surface area (Å²) in [7, 11) is 0. The first kappa shape index (κ1) is 15.2. The van der Waals surface area contributed by atoms with E-state index in [1.165, 1.54) is 0 Å². The number of hydrogen-bond acceptors (Lipinski definition) is 4. The summed E-state index contributed by atoms with van der Waals surface area (Å²) in [4.78, 5) is 26.9. The third-order valence-electron chi connectivity index (χ3n) is 2.73. The van der Waals surface area contributed by atoms with Crippen molar-refractivity contribution in [3.8, 4) is 0 Å². The molecular formula is C12H19N3O4. The smallest absolute Gasteiger partial charge is 0.304 e. The van der Waals surface area contributed by atoms with Gasteiger partial charge in [-0.2, -0.15) is 0 Å². The zero-order valence-corrected chi connectivity index (χ0v) is 10.7. The molecule has 1 heterocycles. The van der Waals surface area contributed by atoms with Gasteiger partial charge in [0, 0.05) is 32.0 Å². The van der Waals surface area contributed by atoms with Gasteiger partial charge >= 0.3 is 11.9 Å². The molecular weight excluding hydrogens is 250 g/mol. The Kier molecular flexibility index (Phi) is 6.59. The normalized spacial score (nSPS) is 10.8. The second-order valence-corrected chi connectivity index (χ2v) is 4.28. The van der Waals surface area contributed by atoms with Crippen LogP contribution in [0.1, 0.15) is 19.3 Å². The zero-order valence-electron chi connectivity index (χ0n) is 10.7. The molecule has 0 spiro atoms. The predicted octanol–water partition coefficient (Wildman–Crippen LogP) is 0.525. The summed E-state index contributed by atoms with van der Waals surface area (Å²) in [5.74, 6) is -1.73. The van der Waals surface area contributed by atoms with Crippen LogP contribution in [-0.4, -0.2) is 56.2 Å². The fraction of sp³-hybridized carbons (Fsp3) is 0.583. The van der Waals surface area contributed by atoms with Crippen LogP contribution < -0.4 is 0 Å². The highest BCUT2D eigenvalue weighted by Crippen LogP contribution is 1.99. The molecule has 0 fully saturated rings. The van der Waals surface area contributed by atoms with Crippen molar-refractivity contribution >= 4 is 11.9 Å². The van der Waals surface area contributed by atoms with Gasteiger partial charge < -0.3 is 19.7 Å². The first-order chi connectivity index (χ1) is 9.08. The van der Waals surface area contributed by atoms with Crippen LogP contribution >= 0.6 is 0 Å². The highest BCUT2D eigenvalue weighted by molar-refractivity contribution is 5.67. The molecule has 7 heteroatoms. The van der Waals surface area contributed by atoms with Crippen LogP contribution in [0.15, 0.2) is 18.7 Å². The van der Waals surface area contributed by atoms with E-state index >= 15 is 0 Å². The predicted molar refractivity (Wildman–Crippen MR) is 67.8 cm³/mol. The maximum atomic E-state index is 10.5. The minimum absolute atomic E-state index is 0.0324. The van der Waals surface area contributed by atoms with Gasteiger partial charge in [0.05, 0.1) is 19.2 Å². The van der Waals surface area contributed by atoms with E-state index in [2.05, 4.69) is 4.98 Å². The number of aliphatic carboxylic acids is 2. The number of nitrogens with zero attached hydrogens (tertiary/aromatic N) is 3. The molecule has 2 N–H and O–H groups in total. The van der Waals surface area contributed by atoms with Crippen molar-refractivity contribution < 1.29 is 19.8 Å². The third kappa shape index (κ3) is 7.20. The Labute approximate surface area is 111 Å². The highest BCUT2D eigenvalue weighted by atomic mass is 16.4. The van der Waals surface area contributed by atoms with Crippen LogP contribution in [0.4, 0.5) is 0 Å². The van der Waals surface area contributed by atoms with Gasteiger partial charge in [-0.25, -0.2) is 4.98 Å². The molecule has 0 saturated heterocycles. The SMILES string of the molecule is O=C(O)CCN(CCCn1ccnc1)CCC(=O)O. The van der Waals surface area contributed by atoms with Crippen LogP contribution in [0.5, 0.6) is 0 Å². The molecule has 0 saturated carbocycles. The van der Waals surface area contributed by atoms with E-state index in [9.17, 15) is 9.59 Å². The quantitative estimate of drug-likeness (QED) is 0.643. The first-order valence-corrected chi connectivity index (χ1v) is 6.19. The van der Waals surface area contributed by atoms with Gasteiger partial charge in [0.15, 0.2) is 0 Å². The summed E-state index contributed by atoms with van der Waals surface area (Å²) in [6.07, 6.45) is 6.18. The van der Waals surface area contributed by atoms with Gasteiger partial charge in [-0.3, -0.25) is 9.59 Å². The Bertz CT molecular complexity index is 374. The van der Waals surface area contributed by atoms with E-state index < -0.39 is 11.9 Å². The summed E-state index contributed by atoms with van der Waals surface area (Å²) < 4.78 is 1.94. The molecule has 19 heavy (non-hydrogen) atoms. The fourth-order valence-corrected chi connectivity index (χ4v) is 1.74. The summed E-state index contributed by atoms with van der Waals surface area (Å²) >= 11 is 0. The Hall–Kier alpha value is -1.89. The van der Waals surface area contributed by atoms with E-state index in [1.807, 2.05) is 15.7 Å². The summed E-state index contributed by atoms with van der Waals surface area (Å²) in [6.45, 7) is 2.23. The lowest BCUT2D eigenvalue weighted by molar-refractivity contribution is -0.137. The molecule has 0 atom stereocenters. The Morgan fingerprint density at radius 2 is 1.74 bits per heavy atom. The monoisotopic (exact) mass is 269 g/mol. The largest absolute Gasteiger partial charge is 0.481 e. The van der Waals surface area contributed by atoms with Crippen LogP contribution in [0, 0.1) is 0 Å². The summed E-state index contributed by atoms with van der Waals surface area (Å²) in [6, 6.07) is 0. The van der Waals surface area contributed by atoms with Crippen molar-refractivity contribution in [2.24, 2.45) is 0 Å². The minimum atomic E-state index is -0.866. The van der Waals surface area contributed by atoms with E-state index in [0.29, 0.717) is 19.6 Å². The van der Waals surface area contributed by atoms with Gasteiger partial charge in [0.1, 0.15) is 0 Å². The summed E-state index contributed by atoms with van der Waals surface area (Å²) in [5.41, 5.74) is 0. The topological polar surface area (TPSA) is 95.7 Å². The second kappa shape index (κ2) is 8.25. The molecule has 1 aromatic heterocycles. The minimum Gasteiger partial charge on any atom is -0.481 e. The number of rotatable bonds is 10. The lowest BCUT2D eigenvalue weighted by atomic mass is 10.3. The van der Waals surface area contributed by atoms with Gasteiger partial charge in [0.25, 0.3) is 0 Å². The molecule has 1 rings (SSSR count). The number of carbonyl (C=O) groups is 2. The van der Waals surface area contributed by atoms with Crippen molar-refractivity contribution in [2.75, 3.05) is 19.6 Å². The van der Waals surface area contributed by atoms with Crippen molar-refractivity contribution in [3.63, 3.8) is 0 Å². The maximum absolute atomic E-state index is 10.5. The average Bonchev–Trinajstić information content (AvgIpc) is 2.84. The number of carboxylic acid groups (broad SMARTS) is 2. The van der Waals surface area contributed by atoms with Gasteiger partial charge in [-0.15, -0.1) is 0 Å². The molecule has 0 unspecified atom stereocenters. The van der Waals surface area contributed by atoms with Crippen molar-refractivity contribution in [1.29, 1.82) is 0 Å². The van der Waals surface area contributed by atoms with Gasteiger partial charge in [-0.05, 0) is 13.0 Å². The molecule has 0 aliphatic rings.